The maximum atomic E-state index is 9.27. The summed E-state index contributed by atoms with van der Waals surface area (Å²) in [6.07, 6.45) is 3.99. The molecule has 5 nitrogen and oxygen atoms in total. The first-order chi connectivity index (χ1) is 10.6. The molecule has 5 heteroatoms. The van der Waals surface area contributed by atoms with E-state index < -0.39 is 0 Å². The minimum atomic E-state index is -0.0486. The Morgan fingerprint density at radius 3 is 2.77 bits per heavy atom. The van der Waals surface area contributed by atoms with Crippen LogP contribution in [-0.2, 0) is 11.3 Å². The fourth-order valence-electron chi connectivity index (χ4n) is 2.12. The second-order valence-electron chi connectivity index (χ2n) is 5.17. The van der Waals surface area contributed by atoms with Crippen LogP contribution in [0.5, 0.6) is 0 Å². The molecular formula is C17H20N4O. The van der Waals surface area contributed by atoms with Crippen molar-refractivity contribution in [2.75, 3.05) is 7.11 Å². The molecule has 0 fully saturated rings. The van der Waals surface area contributed by atoms with Crippen molar-refractivity contribution < 1.29 is 4.74 Å². The Balaban J connectivity index is 2.17. The topological polar surface area (TPSA) is 76.9 Å². The van der Waals surface area contributed by atoms with E-state index in [9.17, 15) is 5.26 Å². The van der Waals surface area contributed by atoms with E-state index in [-0.39, 0.29) is 6.10 Å². The molecule has 22 heavy (non-hydrogen) atoms. The van der Waals surface area contributed by atoms with E-state index in [1.165, 1.54) is 0 Å². The molecule has 1 unspecified atom stereocenters. The molecule has 0 spiro atoms. The highest BCUT2D eigenvalue weighted by molar-refractivity contribution is 5.68. The van der Waals surface area contributed by atoms with Crippen LogP contribution in [0.4, 0.5) is 0 Å². The van der Waals surface area contributed by atoms with Crippen molar-refractivity contribution in [2.45, 2.75) is 26.0 Å². The maximum absolute atomic E-state index is 9.27. The zero-order chi connectivity index (χ0) is 15.9. The molecule has 2 rings (SSSR count). The van der Waals surface area contributed by atoms with Crippen LogP contribution in [0, 0.1) is 11.3 Å². The molecule has 0 bridgehead atoms. The molecule has 0 saturated heterocycles. The Morgan fingerprint density at radius 2 is 2.14 bits per heavy atom. The smallest absolute Gasteiger partial charge is 0.0970 e. The summed E-state index contributed by atoms with van der Waals surface area (Å²) in [4.78, 5) is 0. The van der Waals surface area contributed by atoms with Crippen LogP contribution in [0.3, 0.4) is 0 Å². The van der Waals surface area contributed by atoms with Gasteiger partial charge in [0.15, 0.2) is 0 Å². The third-order valence-corrected chi connectivity index (χ3v) is 3.49. The van der Waals surface area contributed by atoms with Gasteiger partial charge in [-0.15, -0.1) is 0 Å². The summed E-state index contributed by atoms with van der Waals surface area (Å²) in [6.45, 7) is 2.58. The van der Waals surface area contributed by atoms with Crippen molar-refractivity contribution in [1.29, 1.82) is 5.26 Å². The van der Waals surface area contributed by atoms with E-state index in [4.69, 9.17) is 10.5 Å². The SMILES string of the molecule is COC(C)C/C(C#N)=C(/N)c1cnn(Cc2ccccc2)c1. The van der Waals surface area contributed by atoms with E-state index >= 15 is 0 Å². The van der Waals surface area contributed by atoms with Gasteiger partial charge in [-0.1, -0.05) is 30.3 Å². The number of aromatic nitrogens is 2. The molecule has 2 N–H and O–H groups in total. The zero-order valence-corrected chi connectivity index (χ0v) is 12.9. The predicted octanol–water partition coefficient (Wildman–Crippen LogP) is 2.55. The van der Waals surface area contributed by atoms with Gasteiger partial charge in [0.2, 0.25) is 0 Å². The number of hydrogen-bond donors (Lipinski definition) is 1. The van der Waals surface area contributed by atoms with Crippen molar-refractivity contribution >= 4 is 5.70 Å². The highest BCUT2D eigenvalue weighted by Crippen LogP contribution is 2.18. The lowest BCUT2D eigenvalue weighted by Gasteiger charge is -2.09. The van der Waals surface area contributed by atoms with Crippen molar-refractivity contribution in [3.63, 3.8) is 0 Å². The Morgan fingerprint density at radius 1 is 1.41 bits per heavy atom. The van der Waals surface area contributed by atoms with Crippen molar-refractivity contribution in [3.8, 4) is 6.07 Å². The summed E-state index contributed by atoms with van der Waals surface area (Å²) in [5, 5.41) is 13.6. The van der Waals surface area contributed by atoms with Gasteiger partial charge in [0.1, 0.15) is 0 Å². The lowest BCUT2D eigenvalue weighted by atomic mass is 10.1. The largest absolute Gasteiger partial charge is 0.397 e. The molecular weight excluding hydrogens is 276 g/mol. The molecule has 0 aliphatic heterocycles. The van der Waals surface area contributed by atoms with Gasteiger partial charge in [0, 0.05) is 25.3 Å². The molecule has 0 aliphatic carbocycles. The van der Waals surface area contributed by atoms with Gasteiger partial charge >= 0.3 is 0 Å². The van der Waals surface area contributed by atoms with Crippen LogP contribution >= 0.6 is 0 Å². The second kappa shape index (κ2) is 7.43. The zero-order valence-electron chi connectivity index (χ0n) is 12.9. The maximum Gasteiger partial charge on any atom is 0.0970 e. The summed E-state index contributed by atoms with van der Waals surface area (Å²) >= 11 is 0. The molecule has 0 amide bonds. The number of nitrogens with zero attached hydrogens (tertiary/aromatic N) is 3. The van der Waals surface area contributed by atoms with E-state index in [1.54, 1.807) is 13.3 Å². The van der Waals surface area contributed by atoms with Crippen LogP contribution in [-0.4, -0.2) is 23.0 Å². The molecule has 1 aromatic carbocycles. The number of methoxy groups -OCH3 is 1. The lowest BCUT2D eigenvalue weighted by molar-refractivity contribution is 0.119. The van der Waals surface area contributed by atoms with E-state index in [0.717, 1.165) is 11.1 Å². The first-order valence-corrected chi connectivity index (χ1v) is 7.12. The summed E-state index contributed by atoms with van der Waals surface area (Å²) in [5.74, 6) is 0. The van der Waals surface area contributed by atoms with Gasteiger partial charge in [0.25, 0.3) is 0 Å². The number of rotatable bonds is 6. The average molecular weight is 296 g/mol. The third kappa shape index (κ3) is 3.96. The molecule has 1 aromatic heterocycles. The van der Waals surface area contributed by atoms with Crippen molar-refractivity contribution in [1.82, 2.24) is 9.78 Å². The molecule has 1 atom stereocenters. The second-order valence-corrected chi connectivity index (χ2v) is 5.17. The molecule has 0 aliphatic rings. The van der Waals surface area contributed by atoms with Crippen LogP contribution in [0.15, 0.2) is 48.3 Å². The van der Waals surface area contributed by atoms with Gasteiger partial charge in [-0.3, -0.25) is 4.68 Å². The van der Waals surface area contributed by atoms with E-state index in [1.807, 2.05) is 48.1 Å². The summed E-state index contributed by atoms with van der Waals surface area (Å²) in [7, 11) is 1.62. The van der Waals surface area contributed by atoms with E-state index in [2.05, 4.69) is 11.2 Å². The first kappa shape index (κ1) is 15.8. The average Bonchev–Trinajstić information content (AvgIpc) is 3.01. The van der Waals surface area contributed by atoms with Gasteiger partial charge in [0.05, 0.1) is 36.2 Å². The summed E-state index contributed by atoms with van der Waals surface area (Å²) in [6, 6.07) is 12.2. The number of nitrogens with two attached hydrogens (primary N) is 1. The normalized spacial score (nSPS) is 13.3. The minimum absolute atomic E-state index is 0.0486. The van der Waals surface area contributed by atoms with Crippen molar-refractivity contribution in [2.24, 2.45) is 5.73 Å². The Bertz CT molecular complexity index is 682. The Kier molecular flexibility index (Phi) is 5.34. The standard InChI is InChI=1S/C17H20N4O/c1-13(22-2)8-15(9-18)17(19)16-10-20-21(12-16)11-14-6-4-3-5-7-14/h3-7,10,12-13H,8,11,19H2,1-2H3/b17-15-. The fraction of sp³-hybridized carbons (Fsp3) is 0.294. The molecule has 114 valence electrons. The number of hydrogen-bond acceptors (Lipinski definition) is 4. The molecule has 1 heterocycles. The number of nitriles is 1. The molecule has 0 radical (unpaired) electrons. The Labute approximate surface area is 130 Å². The highest BCUT2D eigenvalue weighted by Gasteiger charge is 2.11. The Hall–Kier alpha value is -2.58. The molecule has 0 saturated carbocycles. The molecule has 2 aromatic rings. The van der Waals surface area contributed by atoms with Gasteiger partial charge in [-0.25, -0.2) is 0 Å². The van der Waals surface area contributed by atoms with Crippen LogP contribution in [0.25, 0.3) is 5.70 Å². The number of ether oxygens (including phenoxy) is 1. The number of benzene rings is 1. The summed E-state index contributed by atoms with van der Waals surface area (Å²) < 4.78 is 7.00. The van der Waals surface area contributed by atoms with Crippen LogP contribution < -0.4 is 5.73 Å². The van der Waals surface area contributed by atoms with E-state index in [0.29, 0.717) is 24.2 Å². The lowest BCUT2D eigenvalue weighted by Crippen LogP contribution is -2.09. The van der Waals surface area contributed by atoms with Gasteiger partial charge in [-0.05, 0) is 12.5 Å². The highest BCUT2D eigenvalue weighted by atomic mass is 16.5. The quantitative estimate of drug-likeness (QED) is 0.831. The van der Waals surface area contributed by atoms with Crippen LogP contribution in [0.1, 0.15) is 24.5 Å². The van der Waals surface area contributed by atoms with Crippen LogP contribution in [0.2, 0.25) is 0 Å². The minimum Gasteiger partial charge on any atom is -0.397 e. The monoisotopic (exact) mass is 296 g/mol. The van der Waals surface area contributed by atoms with Gasteiger partial charge < -0.3 is 10.5 Å². The summed E-state index contributed by atoms with van der Waals surface area (Å²) in [5.41, 5.74) is 9.01. The fourth-order valence-corrected chi connectivity index (χ4v) is 2.12. The van der Waals surface area contributed by atoms with Crippen molar-refractivity contribution in [3.05, 3.63) is 59.4 Å². The first-order valence-electron chi connectivity index (χ1n) is 7.12. The third-order valence-electron chi connectivity index (χ3n) is 3.49. The van der Waals surface area contributed by atoms with Gasteiger partial charge in [-0.2, -0.15) is 10.4 Å². The predicted molar refractivity (Wildman–Crippen MR) is 85.6 cm³/mol.